The number of rotatable bonds is 1. The van der Waals surface area contributed by atoms with Gasteiger partial charge >= 0.3 is 0 Å². The zero-order chi connectivity index (χ0) is 10.3. The van der Waals surface area contributed by atoms with Gasteiger partial charge in [-0.1, -0.05) is 0 Å². The summed E-state index contributed by atoms with van der Waals surface area (Å²) in [6.07, 6.45) is 6.17. The van der Waals surface area contributed by atoms with Gasteiger partial charge in [0.2, 0.25) is 0 Å². The minimum Gasteiger partial charge on any atom is -0.391 e. The van der Waals surface area contributed by atoms with Gasteiger partial charge in [-0.2, -0.15) is 0 Å². The number of likely N-dealkylation sites (tertiary alicyclic amines) is 1. The standard InChI is InChI=1S/C12H22N2O/c15-12-8-10(13-5-1-2-6-13)9-14-7-3-4-11(12)14/h10-12,15H,1-9H2/t10-,11?,12?/m1/s1. The van der Waals surface area contributed by atoms with E-state index in [1.54, 1.807) is 0 Å². The minimum atomic E-state index is -0.0631. The maximum absolute atomic E-state index is 10.1. The van der Waals surface area contributed by atoms with Gasteiger partial charge < -0.3 is 5.11 Å². The van der Waals surface area contributed by atoms with Crippen LogP contribution in [0.1, 0.15) is 32.1 Å². The topological polar surface area (TPSA) is 26.7 Å². The second-order valence-electron chi connectivity index (χ2n) is 5.40. The van der Waals surface area contributed by atoms with Gasteiger partial charge in [-0.25, -0.2) is 0 Å². The first-order valence-electron chi connectivity index (χ1n) is 6.51. The average Bonchev–Trinajstić information content (AvgIpc) is 2.88. The van der Waals surface area contributed by atoms with Crippen LogP contribution in [0.4, 0.5) is 0 Å². The lowest BCUT2D eigenvalue weighted by Gasteiger charge is -2.42. The smallest absolute Gasteiger partial charge is 0.0710 e. The van der Waals surface area contributed by atoms with E-state index >= 15 is 0 Å². The van der Waals surface area contributed by atoms with Crippen molar-refractivity contribution < 1.29 is 5.11 Å². The van der Waals surface area contributed by atoms with Crippen LogP contribution < -0.4 is 0 Å². The van der Waals surface area contributed by atoms with Gasteiger partial charge in [-0.05, 0) is 51.7 Å². The number of hydrogen-bond acceptors (Lipinski definition) is 3. The minimum absolute atomic E-state index is 0.0631. The Morgan fingerprint density at radius 1 is 0.933 bits per heavy atom. The quantitative estimate of drug-likeness (QED) is 0.689. The predicted octanol–water partition coefficient (Wildman–Crippen LogP) is 0.680. The molecule has 2 unspecified atom stereocenters. The van der Waals surface area contributed by atoms with Crippen molar-refractivity contribution in [3.05, 3.63) is 0 Å². The molecule has 3 heteroatoms. The first-order valence-corrected chi connectivity index (χ1v) is 6.51. The normalized spacial score (nSPS) is 43.4. The Balaban J connectivity index is 1.66. The van der Waals surface area contributed by atoms with Gasteiger partial charge in [0.05, 0.1) is 6.10 Å². The number of piperidine rings is 1. The zero-order valence-electron chi connectivity index (χ0n) is 9.44. The SMILES string of the molecule is OC1C[C@@H](N2CCCC2)CN2CCCC12. The first kappa shape index (κ1) is 10.1. The van der Waals surface area contributed by atoms with E-state index in [9.17, 15) is 5.11 Å². The molecule has 0 aromatic carbocycles. The predicted molar refractivity (Wildman–Crippen MR) is 59.8 cm³/mol. The Bertz CT molecular complexity index is 228. The van der Waals surface area contributed by atoms with E-state index in [2.05, 4.69) is 9.80 Å². The van der Waals surface area contributed by atoms with Gasteiger partial charge in [-0.15, -0.1) is 0 Å². The summed E-state index contributed by atoms with van der Waals surface area (Å²) in [5.41, 5.74) is 0. The highest BCUT2D eigenvalue weighted by molar-refractivity contribution is 4.95. The molecule has 3 fully saturated rings. The molecule has 3 aliphatic heterocycles. The van der Waals surface area contributed by atoms with Gasteiger partial charge in [0.15, 0.2) is 0 Å². The van der Waals surface area contributed by atoms with Crippen molar-refractivity contribution in [1.82, 2.24) is 9.80 Å². The molecule has 0 spiro atoms. The molecule has 0 radical (unpaired) electrons. The lowest BCUT2D eigenvalue weighted by atomic mass is 9.95. The van der Waals surface area contributed by atoms with Crippen LogP contribution in [-0.2, 0) is 0 Å². The second-order valence-corrected chi connectivity index (χ2v) is 5.40. The average molecular weight is 210 g/mol. The van der Waals surface area contributed by atoms with Crippen molar-refractivity contribution in [2.24, 2.45) is 0 Å². The molecule has 86 valence electrons. The highest BCUT2D eigenvalue weighted by Crippen LogP contribution is 2.30. The Labute approximate surface area is 92.1 Å². The van der Waals surface area contributed by atoms with Crippen molar-refractivity contribution in [2.75, 3.05) is 26.2 Å². The summed E-state index contributed by atoms with van der Waals surface area (Å²) < 4.78 is 0. The molecular formula is C12H22N2O. The maximum Gasteiger partial charge on any atom is 0.0710 e. The van der Waals surface area contributed by atoms with E-state index in [1.807, 2.05) is 0 Å². The van der Waals surface area contributed by atoms with E-state index in [4.69, 9.17) is 0 Å². The summed E-state index contributed by atoms with van der Waals surface area (Å²) in [4.78, 5) is 5.12. The lowest BCUT2D eigenvalue weighted by Crippen LogP contribution is -2.54. The lowest BCUT2D eigenvalue weighted by molar-refractivity contribution is -0.00935. The molecule has 3 aliphatic rings. The van der Waals surface area contributed by atoms with Crippen LogP contribution in [0.15, 0.2) is 0 Å². The van der Waals surface area contributed by atoms with E-state index in [1.165, 1.54) is 51.9 Å². The Kier molecular flexibility index (Phi) is 2.71. The van der Waals surface area contributed by atoms with Crippen molar-refractivity contribution in [1.29, 1.82) is 0 Å². The van der Waals surface area contributed by atoms with Crippen LogP contribution in [0.5, 0.6) is 0 Å². The highest BCUT2D eigenvalue weighted by Gasteiger charge is 2.39. The molecule has 3 rings (SSSR count). The summed E-state index contributed by atoms with van der Waals surface area (Å²) in [6.45, 7) is 4.94. The molecule has 1 N–H and O–H groups in total. The molecule has 0 aliphatic carbocycles. The Hall–Kier alpha value is -0.120. The zero-order valence-corrected chi connectivity index (χ0v) is 9.44. The van der Waals surface area contributed by atoms with E-state index in [-0.39, 0.29) is 6.10 Å². The van der Waals surface area contributed by atoms with E-state index in [0.717, 1.165) is 6.42 Å². The third-order valence-electron chi connectivity index (χ3n) is 4.47. The van der Waals surface area contributed by atoms with Gasteiger partial charge in [0.25, 0.3) is 0 Å². The van der Waals surface area contributed by atoms with Crippen LogP contribution in [0, 0.1) is 0 Å². The van der Waals surface area contributed by atoms with E-state index < -0.39 is 0 Å². The van der Waals surface area contributed by atoms with Crippen molar-refractivity contribution in [2.45, 2.75) is 50.3 Å². The van der Waals surface area contributed by atoms with Gasteiger partial charge in [0, 0.05) is 18.6 Å². The molecule has 0 aromatic rings. The summed E-state index contributed by atoms with van der Waals surface area (Å²) >= 11 is 0. The largest absolute Gasteiger partial charge is 0.391 e. The molecule has 0 saturated carbocycles. The first-order chi connectivity index (χ1) is 7.34. The number of aliphatic hydroxyl groups is 1. The third kappa shape index (κ3) is 1.81. The van der Waals surface area contributed by atoms with Crippen molar-refractivity contribution in [3.63, 3.8) is 0 Å². The monoisotopic (exact) mass is 210 g/mol. The molecule has 3 nitrogen and oxygen atoms in total. The fraction of sp³-hybridized carbons (Fsp3) is 1.00. The molecule has 0 bridgehead atoms. The number of fused-ring (bicyclic) bond motifs is 1. The van der Waals surface area contributed by atoms with E-state index in [0.29, 0.717) is 12.1 Å². The summed E-state index contributed by atoms with van der Waals surface area (Å²) in [7, 11) is 0. The van der Waals surface area contributed by atoms with Crippen molar-refractivity contribution in [3.8, 4) is 0 Å². The molecule has 0 aromatic heterocycles. The van der Waals surface area contributed by atoms with Crippen LogP contribution in [-0.4, -0.2) is 59.3 Å². The number of hydrogen-bond donors (Lipinski definition) is 1. The molecule has 0 amide bonds. The number of nitrogens with zero attached hydrogens (tertiary/aromatic N) is 2. The summed E-state index contributed by atoms with van der Waals surface area (Å²) in [5.74, 6) is 0. The van der Waals surface area contributed by atoms with Gasteiger partial charge in [-0.3, -0.25) is 9.80 Å². The highest BCUT2D eigenvalue weighted by atomic mass is 16.3. The van der Waals surface area contributed by atoms with Gasteiger partial charge in [0.1, 0.15) is 0 Å². The fourth-order valence-electron chi connectivity index (χ4n) is 3.67. The molecule has 3 atom stereocenters. The van der Waals surface area contributed by atoms with Crippen LogP contribution in [0.3, 0.4) is 0 Å². The van der Waals surface area contributed by atoms with Crippen LogP contribution in [0.25, 0.3) is 0 Å². The Morgan fingerprint density at radius 3 is 2.47 bits per heavy atom. The molecular weight excluding hydrogens is 188 g/mol. The molecule has 3 heterocycles. The molecule has 3 saturated heterocycles. The number of aliphatic hydroxyl groups excluding tert-OH is 1. The van der Waals surface area contributed by atoms with Crippen LogP contribution in [0.2, 0.25) is 0 Å². The third-order valence-corrected chi connectivity index (χ3v) is 4.47. The summed E-state index contributed by atoms with van der Waals surface area (Å²) in [6, 6.07) is 1.13. The van der Waals surface area contributed by atoms with Crippen molar-refractivity contribution >= 4 is 0 Å². The fourth-order valence-corrected chi connectivity index (χ4v) is 3.67. The summed E-state index contributed by atoms with van der Waals surface area (Å²) in [5, 5.41) is 10.1. The second kappa shape index (κ2) is 4.04. The maximum atomic E-state index is 10.1. The van der Waals surface area contributed by atoms with Crippen LogP contribution >= 0.6 is 0 Å². The Morgan fingerprint density at radius 2 is 1.67 bits per heavy atom. The molecule has 15 heavy (non-hydrogen) atoms.